The standard InChI is InChI=1S/C16H16N4O/c17-8-7-16(21)11-20(12-16)15-6-9-18-14(19-15)10-13-4-2-1-3-5-13/h1-6,9,21H,7,10-12H2. The molecule has 3 rings (SSSR count). The van der Waals surface area contributed by atoms with Gasteiger partial charge in [-0.1, -0.05) is 30.3 Å². The van der Waals surface area contributed by atoms with E-state index in [4.69, 9.17) is 5.26 Å². The molecule has 0 aliphatic carbocycles. The number of hydrogen-bond acceptors (Lipinski definition) is 5. The van der Waals surface area contributed by atoms with Crippen molar-refractivity contribution in [1.29, 1.82) is 5.26 Å². The average Bonchev–Trinajstić information content (AvgIpc) is 2.46. The number of nitrogens with zero attached hydrogens (tertiary/aromatic N) is 4. The monoisotopic (exact) mass is 280 g/mol. The van der Waals surface area contributed by atoms with Crippen molar-refractivity contribution < 1.29 is 5.11 Å². The predicted octanol–water partition coefficient (Wildman–Crippen LogP) is 1.53. The highest BCUT2D eigenvalue weighted by atomic mass is 16.3. The molecule has 0 atom stereocenters. The van der Waals surface area contributed by atoms with E-state index in [0.29, 0.717) is 19.5 Å². The van der Waals surface area contributed by atoms with E-state index in [1.807, 2.05) is 47.4 Å². The average molecular weight is 280 g/mol. The van der Waals surface area contributed by atoms with Gasteiger partial charge in [-0.3, -0.25) is 0 Å². The molecule has 0 unspecified atom stereocenters. The zero-order valence-electron chi connectivity index (χ0n) is 11.6. The summed E-state index contributed by atoms with van der Waals surface area (Å²) in [6, 6.07) is 13.9. The number of β-amino-alcohol motifs (C(OH)–C–C–N with tert-alkyl or cyclic N) is 1. The van der Waals surface area contributed by atoms with Gasteiger partial charge in [-0.15, -0.1) is 0 Å². The molecule has 0 saturated carbocycles. The number of hydrogen-bond donors (Lipinski definition) is 1. The molecule has 2 heterocycles. The maximum atomic E-state index is 10.0. The molecule has 1 aromatic carbocycles. The van der Waals surface area contributed by atoms with Crippen molar-refractivity contribution in [3.05, 3.63) is 54.0 Å². The Hall–Kier alpha value is -2.45. The van der Waals surface area contributed by atoms with E-state index in [9.17, 15) is 5.11 Å². The van der Waals surface area contributed by atoms with Crippen LogP contribution in [0.4, 0.5) is 5.82 Å². The van der Waals surface area contributed by atoms with Crippen molar-refractivity contribution in [2.24, 2.45) is 0 Å². The molecular weight excluding hydrogens is 264 g/mol. The summed E-state index contributed by atoms with van der Waals surface area (Å²) in [6.45, 7) is 0.894. The van der Waals surface area contributed by atoms with Crippen LogP contribution in [-0.2, 0) is 6.42 Å². The zero-order valence-corrected chi connectivity index (χ0v) is 11.6. The first-order valence-corrected chi connectivity index (χ1v) is 6.89. The maximum Gasteiger partial charge on any atom is 0.135 e. The molecule has 1 aliphatic rings. The quantitative estimate of drug-likeness (QED) is 0.919. The first kappa shape index (κ1) is 13.5. The van der Waals surface area contributed by atoms with Gasteiger partial charge < -0.3 is 10.0 Å². The van der Waals surface area contributed by atoms with E-state index < -0.39 is 5.60 Å². The molecule has 2 aromatic rings. The van der Waals surface area contributed by atoms with Crippen LogP contribution in [0.5, 0.6) is 0 Å². The highest BCUT2D eigenvalue weighted by Crippen LogP contribution is 2.28. The van der Waals surface area contributed by atoms with Crippen molar-refractivity contribution in [3.63, 3.8) is 0 Å². The number of aromatic nitrogens is 2. The summed E-state index contributed by atoms with van der Waals surface area (Å²) in [5.74, 6) is 1.56. The predicted molar refractivity (Wildman–Crippen MR) is 78.7 cm³/mol. The molecular formula is C16H16N4O. The number of benzene rings is 1. The smallest absolute Gasteiger partial charge is 0.135 e. The molecule has 1 fully saturated rings. The molecule has 0 bridgehead atoms. The van der Waals surface area contributed by atoms with Gasteiger partial charge in [0, 0.05) is 12.6 Å². The normalized spacial score (nSPS) is 16.1. The van der Waals surface area contributed by atoms with Gasteiger partial charge in [-0.2, -0.15) is 5.26 Å². The van der Waals surface area contributed by atoms with Crippen LogP contribution in [0.3, 0.4) is 0 Å². The lowest BCUT2D eigenvalue weighted by Crippen LogP contribution is -2.62. The van der Waals surface area contributed by atoms with Gasteiger partial charge in [-0.25, -0.2) is 9.97 Å². The summed E-state index contributed by atoms with van der Waals surface area (Å²) < 4.78 is 0. The number of rotatable bonds is 4. The Kier molecular flexibility index (Phi) is 3.55. The van der Waals surface area contributed by atoms with Gasteiger partial charge in [0.2, 0.25) is 0 Å². The van der Waals surface area contributed by atoms with Gasteiger partial charge in [0.25, 0.3) is 0 Å². The maximum absolute atomic E-state index is 10.0. The summed E-state index contributed by atoms with van der Waals surface area (Å²) >= 11 is 0. The second-order valence-corrected chi connectivity index (χ2v) is 5.41. The molecule has 0 radical (unpaired) electrons. The lowest BCUT2D eigenvalue weighted by atomic mass is 9.91. The molecule has 5 nitrogen and oxygen atoms in total. The fourth-order valence-electron chi connectivity index (χ4n) is 2.51. The summed E-state index contributed by atoms with van der Waals surface area (Å²) in [5, 5.41) is 18.7. The van der Waals surface area contributed by atoms with E-state index in [0.717, 1.165) is 11.6 Å². The van der Waals surface area contributed by atoms with E-state index in [2.05, 4.69) is 9.97 Å². The molecule has 21 heavy (non-hydrogen) atoms. The van der Waals surface area contributed by atoms with E-state index in [1.165, 1.54) is 5.56 Å². The van der Waals surface area contributed by atoms with Crippen LogP contribution in [0.2, 0.25) is 0 Å². The van der Waals surface area contributed by atoms with E-state index >= 15 is 0 Å². The first-order chi connectivity index (χ1) is 10.2. The van der Waals surface area contributed by atoms with Crippen molar-refractivity contribution in [3.8, 4) is 6.07 Å². The van der Waals surface area contributed by atoms with Crippen molar-refractivity contribution in [1.82, 2.24) is 9.97 Å². The number of nitriles is 1. The minimum absolute atomic E-state index is 0.158. The third-order valence-corrected chi connectivity index (χ3v) is 3.60. The van der Waals surface area contributed by atoms with Crippen LogP contribution in [0.15, 0.2) is 42.6 Å². The molecule has 1 aliphatic heterocycles. The molecule has 1 aromatic heterocycles. The minimum atomic E-state index is -0.890. The Morgan fingerprint density at radius 3 is 2.71 bits per heavy atom. The minimum Gasteiger partial charge on any atom is -0.385 e. The summed E-state index contributed by atoms with van der Waals surface area (Å²) in [7, 11) is 0. The number of anilines is 1. The highest BCUT2D eigenvalue weighted by molar-refractivity contribution is 5.43. The highest BCUT2D eigenvalue weighted by Gasteiger charge is 2.41. The van der Waals surface area contributed by atoms with E-state index in [-0.39, 0.29) is 6.42 Å². The van der Waals surface area contributed by atoms with Crippen LogP contribution >= 0.6 is 0 Å². The van der Waals surface area contributed by atoms with Gasteiger partial charge >= 0.3 is 0 Å². The molecule has 5 heteroatoms. The Morgan fingerprint density at radius 2 is 2.00 bits per heavy atom. The zero-order chi connectivity index (χ0) is 14.7. The first-order valence-electron chi connectivity index (χ1n) is 6.89. The Balaban J connectivity index is 1.69. The lowest BCUT2D eigenvalue weighted by molar-refractivity contribution is 0.0161. The summed E-state index contributed by atoms with van der Waals surface area (Å²) in [4.78, 5) is 10.8. The topological polar surface area (TPSA) is 73.0 Å². The van der Waals surface area contributed by atoms with Gasteiger partial charge in [0.05, 0.1) is 25.6 Å². The molecule has 0 spiro atoms. The van der Waals surface area contributed by atoms with E-state index in [1.54, 1.807) is 6.20 Å². The van der Waals surface area contributed by atoms with Crippen LogP contribution in [0, 0.1) is 11.3 Å². The summed E-state index contributed by atoms with van der Waals surface area (Å²) in [6.07, 6.45) is 2.58. The summed E-state index contributed by atoms with van der Waals surface area (Å²) in [5.41, 5.74) is 0.276. The fraction of sp³-hybridized carbons (Fsp3) is 0.312. The third kappa shape index (κ3) is 3.01. The fourth-order valence-corrected chi connectivity index (χ4v) is 2.51. The van der Waals surface area contributed by atoms with Crippen molar-refractivity contribution in [2.45, 2.75) is 18.4 Å². The van der Waals surface area contributed by atoms with Crippen molar-refractivity contribution >= 4 is 5.82 Å². The largest absolute Gasteiger partial charge is 0.385 e. The molecule has 106 valence electrons. The number of aliphatic hydroxyl groups is 1. The van der Waals surface area contributed by atoms with Gasteiger partial charge in [0.15, 0.2) is 0 Å². The van der Waals surface area contributed by atoms with Gasteiger partial charge in [0.1, 0.15) is 17.2 Å². The SMILES string of the molecule is N#CCC1(O)CN(c2ccnc(Cc3ccccc3)n2)C1. The van der Waals surface area contributed by atoms with Crippen molar-refractivity contribution in [2.75, 3.05) is 18.0 Å². The molecule has 1 saturated heterocycles. The Morgan fingerprint density at radius 1 is 1.24 bits per heavy atom. The van der Waals surface area contributed by atoms with Crippen LogP contribution in [0.1, 0.15) is 17.8 Å². The molecule has 0 amide bonds. The second kappa shape index (κ2) is 5.51. The van der Waals surface area contributed by atoms with Crippen LogP contribution in [0.25, 0.3) is 0 Å². The lowest BCUT2D eigenvalue weighted by Gasteiger charge is -2.46. The third-order valence-electron chi connectivity index (χ3n) is 3.60. The van der Waals surface area contributed by atoms with Crippen LogP contribution in [-0.4, -0.2) is 33.8 Å². The molecule has 1 N–H and O–H groups in total. The second-order valence-electron chi connectivity index (χ2n) is 5.41. The van der Waals surface area contributed by atoms with Gasteiger partial charge in [-0.05, 0) is 11.6 Å². The Labute approximate surface area is 123 Å². The van der Waals surface area contributed by atoms with Crippen LogP contribution < -0.4 is 4.90 Å². The Bertz CT molecular complexity index is 659.